The minimum Gasteiger partial charge on any atom is -0.484 e. The molecule has 3 N–H and O–H groups in total. The van der Waals surface area contributed by atoms with Gasteiger partial charge in [0.25, 0.3) is 5.91 Å². The Kier molecular flexibility index (Phi) is 4.72. The van der Waals surface area contributed by atoms with E-state index in [2.05, 4.69) is 10.3 Å². The summed E-state index contributed by atoms with van der Waals surface area (Å²) < 4.78 is 5.24. The van der Waals surface area contributed by atoms with Crippen molar-refractivity contribution in [1.29, 1.82) is 5.26 Å². The van der Waals surface area contributed by atoms with E-state index in [-0.39, 0.29) is 6.61 Å². The average molecular weight is 282 g/mol. The molecule has 0 atom stereocenters. The molecule has 21 heavy (non-hydrogen) atoms. The molecule has 2 aromatic rings. The molecule has 0 fully saturated rings. The highest BCUT2D eigenvalue weighted by Crippen LogP contribution is 2.15. The van der Waals surface area contributed by atoms with Crippen molar-refractivity contribution in [3.8, 4) is 11.8 Å². The van der Waals surface area contributed by atoms with Gasteiger partial charge in [-0.3, -0.25) is 4.79 Å². The maximum atomic E-state index is 10.7. The summed E-state index contributed by atoms with van der Waals surface area (Å²) in [5.41, 5.74) is 7.21. The van der Waals surface area contributed by atoms with Gasteiger partial charge in [-0.1, -0.05) is 12.1 Å². The Balaban J connectivity index is 1.94. The van der Waals surface area contributed by atoms with Crippen LogP contribution in [-0.2, 0) is 11.3 Å². The Morgan fingerprint density at radius 3 is 2.90 bits per heavy atom. The number of primary amides is 1. The summed E-state index contributed by atoms with van der Waals surface area (Å²) in [6.07, 6.45) is 1.60. The molecule has 0 radical (unpaired) electrons. The third-order valence-electron chi connectivity index (χ3n) is 2.65. The van der Waals surface area contributed by atoms with Gasteiger partial charge in [0.2, 0.25) is 0 Å². The molecule has 1 heterocycles. The van der Waals surface area contributed by atoms with Crippen LogP contribution in [-0.4, -0.2) is 17.5 Å². The first kappa shape index (κ1) is 14.3. The average Bonchev–Trinajstić information content (AvgIpc) is 2.52. The van der Waals surface area contributed by atoms with E-state index in [1.807, 2.05) is 24.3 Å². The first-order valence-corrected chi connectivity index (χ1v) is 6.27. The van der Waals surface area contributed by atoms with Crippen molar-refractivity contribution in [2.24, 2.45) is 5.73 Å². The van der Waals surface area contributed by atoms with Crippen LogP contribution in [0.1, 0.15) is 11.3 Å². The molecule has 1 aromatic heterocycles. The first-order valence-electron chi connectivity index (χ1n) is 6.27. The van der Waals surface area contributed by atoms with Gasteiger partial charge in [-0.25, -0.2) is 4.98 Å². The van der Waals surface area contributed by atoms with Crippen LogP contribution in [0.4, 0.5) is 5.69 Å². The number of nitrogens with zero attached hydrogens (tertiary/aromatic N) is 2. The van der Waals surface area contributed by atoms with Crippen molar-refractivity contribution in [1.82, 2.24) is 4.98 Å². The molecule has 0 aliphatic rings. The Bertz CT molecular complexity index is 662. The number of benzene rings is 1. The second kappa shape index (κ2) is 6.91. The number of nitrogens with one attached hydrogen (secondary N) is 1. The number of hydrogen-bond donors (Lipinski definition) is 2. The van der Waals surface area contributed by atoms with Crippen molar-refractivity contribution >= 4 is 11.6 Å². The Morgan fingerprint density at radius 1 is 1.38 bits per heavy atom. The summed E-state index contributed by atoms with van der Waals surface area (Å²) in [5.74, 6) is 0.0771. The Hall–Kier alpha value is -3.07. The lowest BCUT2D eigenvalue weighted by atomic mass is 10.2. The van der Waals surface area contributed by atoms with Crippen LogP contribution in [0.25, 0.3) is 0 Å². The van der Waals surface area contributed by atoms with Crippen molar-refractivity contribution in [3.05, 3.63) is 53.9 Å². The van der Waals surface area contributed by atoms with Crippen LogP contribution in [0.3, 0.4) is 0 Å². The van der Waals surface area contributed by atoms with Crippen LogP contribution < -0.4 is 15.8 Å². The third-order valence-corrected chi connectivity index (χ3v) is 2.65. The molecule has 2 rings (SSSR count). The molecule has 6 heteroatoms. The van der Waals surface area contributed by atoms with Gasteiger partial charge in [-0.05, 0) is 29.8 Å². The van der Waals surface area contributed by atoms with Crippen molar-refractivity contribution in [2.45, 2.75) is 6.54 Å². The first-order chi connectivity index (χ1) is 10.2. The summed E-state index contributed by atoms with van der Waals surface area (Å²) in [6.45, 7) is 0.428. The molecule has 0 aliphatic carbocycles. The summed E-state index contributed by atoms with van der Waals surface area (Å²) in [7, 11) is 0. The molecule has 106 valence electrons. The van der Waals surface area contributed by atoms with E-state index < -0.39 is 5.91 Å². The van der Waals surface area contributed by atoms with Gasteiger partial charge in [0.15, 0.2) is 6.61 Å². The highest BCUT2D eigenvalue weighted by molar-refractivity contribution is 5.75. The Morgan fingerprint density at radius 2 is 2.24 bits per heavy atom. The molecule has 0 bridgehead atoms. The van der Waals surface area contributed by atoms with Gasteiger partial charge >= 0.3 is 0 Å². The molecule has 0 saturated heterocycles. The minimum atomic E-state index is -0.512. The standard InChI is InChI=1S/C15H14N4O2/c16-7-12-4-5-13(9-19-12)18-8-11-2-1-3-14(6-11)21-10-15(17)20/h1-6,9,18H,8,10H2,(H2,17,20). The number of aromatic nitrogens is 1. The molecule has 0 spiro atoms. The van der Waals surface area contributed by atoms with Crippen molar-refractivity contribution in [3.63, 3.8) is 0 Å². The monoisotopic (exact) mass is 282 g/mol. The number of rotatable bonds is 6. The van der Waals surface area contributed by atoms with E-state index in [9.17, 15) is 4.79 Å². The van der Waals surface area contributed by atoms with Gasteiger partial charge in [0, 0.05) is 6.54 Å². The molecular formula is C15H14N4O2. The zero-order valence-electron chi connectivity index (χ0n) is 11.2. The fourth-order valence-corrected chi connectivity index (χ4v) is 1.67. The SMILES string of the molecule is N#Cc1ccc(NCc2cccc(OCC(N)=O)c2)cn1. The normalized spacial score (nSPS) is 9.67. The van der Waals surface area contributed by atoms with Gasteiger partial charge < -0.3 is 15.8 Å². The molecule has 0 aliphatic heterocycles. The van der Waals surface area contributed by atoms with Crippen LogP contribution in [0, 0.1) is 11.3 Å². The van der Waals surface area contributed by atoms with E-state index in [1.54, 1.807) is 24.4 Å². The molecule has 0 unspecified atom stereocenters. The van der Waals surface area contributed by atoms with E-state index in [0.717, 1.165) is 11.3 Å². The number of nitriles is 1. The predicted octanol–water partition coefficient (Wildman–Crippen LogP) is 1.43. The number of carbonyl (C=O) groups excluding carboxylic acids is 1. The second-order valence-corrected chi connectivity index (χ2v) is 4.30. The summed E-state index contributed by atoms with van der Waals surface area (Å²) >= 11 is 0. The second-order valence-electron chi connectivity index (χ2n) is 4.30. The van der Waals surface area contributed by atoms with E-state index in [0.29, 0.717) is 18.0 Å². The number of anilines is 1. The van der Waals surface area contributed by atoms with Crippen LogP contribution >= 0.6 is 0 Å². The maximum absolute atomic E-state index is 10.7. The van der Waals surface area contributed by atoms with Gasteiger partial charge in [0.05, 0.1) is 11.9 Å². The predicted molar refractivity (Wildman–Crippen MR) is 77.4 cm³/mol. The van der Waals surface area contributed by atoms with Crippen LogP contribution in [0.5, 0.6) is 5.75 Å². The van der Waals surface area contributed by atoms with E-state index >= 15 is 0 Å². The number of nitrogens with two attached hydrogens (primary N) is 1. The summed E-state index contributed by atoms with van der Waals surface area (Å²) in [4.78, 5) is 14.7. The summed E-state index contributed by atoms with van der Waals surface area (Å²) in [6, 6.07) is 12.8. The number of amides is 1. The van der Waals surface area contributed by atoms with E-state index in [4.69, 9.17) is 15.7 Å². The van der Waals surface area contributed by atoms with Gasteiger partial charge in [-0.15, -0.1) is 0 Å². The molecule has 1 aromatic carbocycles. The van der Waals surface area contributed by atoms with Gasteiger partial charge in [0.1, 0.15) is 17.5 Å². The fourth-order valence-electron chi connectivity index (χ4n) is 1.67. The summed E-state index contributed by atoms with van der Waals surface area (Å²) in [5, 5.41) is 11.9. The lowest BCUT2D eigenvalue weighted by Crippen LogP contribution is -2.20. The molecule has 0 saturated carbocycles. The maximum Gasteiger partial charge on any atom is 0.255 e. The number of ether oxygens (including phenoxy) is 1. The highest BCUT2D eigenvalue weighted by atomic mass is 16.5. The lowest BCUT2D eigenvalue weighted by Gasteiger charge is -2.08. The quantitative estimate of drug-likeness (QED) is 0.834. The topological polar surface area (TPSA) is 101 Å². The number of pyridine rings is 1. The lowest BCUT2D eigenvalue weighted by molar-refractivity contribution is -0.119. The Labute approximate surface area is 122 Å². The van der Waals surface area contributed by atoms with Crippen molar-refractivity contribution < 1.29 is 9.53 Å². The molecular weight excluding hydrogens is 268 g/mol. The van der Waals surface area contributed by atoms with Crippen LogP contribution in [0.15, 0.2) is 42.6 Å². The number of hydrogen-bond acceptors (Lipinski definition) is 5. The smallest absolute Gasteiger partial charge is 0.255 e. The zero-order valence-corrected chi connectivity index (χ0v) is 11.2. The van der Waals surface area contributed by atoms with E-state index in [1.165, 1.54) is 0 Å². The van der Waals surface area contributed by atoms with Crippen molar-refractivity contribution in [2.75, 3.05) is 11.9 Å². The number of carbonyl (C=O) groups is 1. The largest absolute Gasteiger partial charge is 0.484 e. The minimum absolute atomic E-state index is 0.142. The highest BCUT2D eigenvalue weighted by Gasteiger charge is 2.00. The third kappa shape index (κ3) is 4.51. The fraction of sp³-hybridized carbons (Fsp3) is 0.133. The van der Waals surface area contributed by atoms with Gasteiger partial charge in [-0.2, -0.15) is 5.26 Å². The molecule has 1 amide bonds. The van der Waals surface area contributed by atoms with Crippen LogP contribution in [0.2, 0.25) is 0 Å². The molecule has 6 nitrogen and oxygen atoms in total. The zero-order chi connectivity index (χ0) is 15.1.